The molecule has 6 rings (SSSR count). The fourth-order valence-corrected chi connectivity index (χ4v) is 5.59. The third-order valence-corrected chi connectivity index (χ3v) is 7.08. The quantitative estimate of drug-likeness (QED) is 0.402. The van der Waals surface area contributed by atoms with Crippen molar-refractivity contribution in [1.29, 1.82) is 0 Å². The molecule has 0 N–H and O–H groups in total. The Labute approximate surface area is 193 Å². The summed E-state index contributed by atoms with van der Waals surface area (Å²) in [7, 11) is 1.71. The third kappa shape index (κ3) is 2.99. The van der Waals surface area contributed by atoms with Gasteiger partial charge in [-0.2, -0.15) is 10.2 Å². The van der Waals surface area contributed by atoms with Crippen LogP contribution in [0.25, 0.3) is 16.8 Å². The standard InChI is InChI=1S/C25H22F3N5O/c1-13-6-7-32-21(8-13)17(12-29-32)25(34)33-15-4-3-5-20(33)23-16(11-15)24(31(2)30-23)14-9-18(26)22(28)19(27)10-14/h6-10,12,15,20H,3-5,11H2,1-2H3. The molecule has 2 atom stereocenters. The molecule has 0 radical (unpaired) electrons. The van der Waals surface area contributed by atoms with Gasteiger partial charge in [0.15, 0.2) is 17.5 Å². The Bertz CT molecular complexity index is 1450. The summed E-state index contributed by atoms with van der Waals surface area (Å²) in [5, 5.41) is 9.03. The van der Waals surface area contributed by atoms with E-state index >= 15 is 0 Å². The van der Waals surface area contributed by atoms with Gasteiger partial charge in [0.05, 0.1) is 34.7 Å². The van der Waals surface area contributed by atoms with E-state index in [1.807, 2.05) is 30.2 Å². The molecule has 1 saturated heterocycles. The molecule has 0 aliphatic carbocycles. The van der Waals surface area contributed by atoms with Crippen LogP contribution >= 0.6 is 0 Å². The fourth-order valence-electron chi connectivity index (χ4n) is 5.59. The summed E-state index contributed by atoms with van der Waals surface area (Å²) < 4.78 is 44.8. The number of aromatic nitrogens is 4. The van der Waals surface area contributed by atoms with Gasteiger partial charge in [-0.15, -0.1) is 0 Å². The molecule has 4 aromatic rings. The van der Waals surface area contributed by atoms with Crippen molar-refractivity contribution in [1.82, 2.24) is 24.3 Å². The number of hydrogen-bond acceptors (Lipinski definition) is 3. The third-order valence-electron chi connectivity index (χ3n) is 7.08. The molecule has 1 fully saturated rings. The SMILES string of the molecule is Cc1ccn2ncc(C(=O)N3C4CCCC3c3nn(C)c(-c5cc(F)c(F)c(F)c5)c3C4)c2c1. The molecule has 2 bridgehead atoms. The van der Waals surface area contributed by atoms with Crippen molar-refractivity contribution in [3.8, 4) is 11.3 Å². The fraction of sp³-hybridized carbons (Fsp3) is 0.320. The Morgan fingerprint density at radius 1 is 1.12 bits per heavy atom. The van der Waals surface area contributed by atoms with Gasteiger partial charge in [0, 0.05) is 30.4 Å². The van der Waals surface area contributed by atoms with Gasteiger partial charge in [0.2, 0.25) is 0 Å². The molecule has 34 heavy (non-hydrogen) atoms. The smallest absolute Gasteiger partial charge is 0.258 e. The van der Waals surface area contributed by atoms with E-state index in [0.717, 1.165) is 53.7 Å². The molecule has 5 heterocycles. The van der Waals surface area contributed by atoms with Crippen molar-refractivity contribution in [3.63, 3.8) is 0 Å². The first-order valence-electron chi connectivity index (χ1n) is 11.3. The number of amides is 1. The van der Waals surface area contributed by atoms with E-state index in [1.54, 1.807) is 22.4 Å². The van der Waals surface area contributed by atoms with Crippen LogP contribution in [0.3, 0.4) is 0 Å². The highest BCUT2D eigenvalue weighted by Crippen LogP contribution is 2.45. The van der Waals surface area contributed by atoms with Gasteiger partial charge in [-0.05, 0) is 62.4 Å². The Morgan fingerprint density at radius 2 is 1.88 bits per heavy atom. The predicted octanol–water partition coefficient (Wildman–Crippen LogP) is 4.75. The van der Waals surface area contributed by atoms with Gasteiger partial charge in [-0.1, -0.05) is 0 Å². The lowest BCUT2D eigenvalue weighted by Gasteiger charge is -2.45. The molecule has 6 nitrogen and oxygen atoms in total. The maximum atomic E-state index is 14.0. The van der Waals surface area contributed by atoms with Crippen molar-refractivity contribution in [2.75, 3.05) is 0 Å². The summed E-state index contributed by atoms with van der Waals surface area (Å²) in [5.74, 6) is -4.05. The number of piperidine rings is 1. The van der Waals surface area contributed by atoms with Crippen LogP contribution in [0.5, 0.6) is 0 Å². The van der Waals surface area contributed by atoms with Crippen molar-refractivity contribution in [2.24, 2.45) is 7.05 Å². The Kier molecular flexibility index (Phi) is 4.59. The number of pyridine rings is 1. The number of fused-ring (bicyclic) bond motifs is 5. The number of benzene rings is 1. The van der Waals surface area contributed by atoms with Crippen LogP contribution < -0.4 is 0 Å². The molecule has 9 heteroatoms. The van der Waals surface area contributed by atoms with E-state index in [-0.39, 0.29) is 23.6 Å². The zero-order valence-electron chi connectivity index (χ0n) is 18.7. The highest BCUT2D eigenvalue weighted by Gasteiger charge is 2.44. The summed E-state index contributed by atoms with van der Waals surface area (Å²) >= 11 is 0. The lowest BCUT2D eigenvalue weighted by atomic mass is 9.81. The van der Waals surface area contributed by atoms with Crippen LogP contribution in [-0.4, -0.2) is 36.2 Å². The van der Waals surface area contributed by atoms with E-state index in [0.29, 0.717) is 17.7 Å². The molecule has 2 unspecified atom stereocenters. The number of carbonyl (C=O) groups is 1. The summed E-state index contributed by atoms with van der Waals surface area (Å²) in [6, 6.07) is 5.57. The van der Waals surface area contributed by atoms with Crippen LogP contribution in [-0.2, 0) is 13.5 Å². The summed E-state index contributed by atoms with van der Waals surface area (Å²) in [5.41, 5.74) is 4.74. The lowest BCUT2D eigenvalue weighted by molar-refractivity contribution is 0.0394. The van der Waals surface area contributed by atoms with Crippen LogP contribution in [0.4, 0.5) is 13.2 Å². The van der Waals surface area contributed by atoms with Gasteiger partial charge in [0.1, 0.15) is 0 Å². The monoisotopic (exact) mass is 465 g/mol. The van der Waals surface area contributed by atoms with Crippen molar-refractivity contribution in [3.05, 3.63) is 76.5 Å². The zero-order valence-corrected chi connectivity index (χ0v) is 18.7. The van der Waals surface area contributed by atoms with Crippen molar-refractivity contribution < 1.29 is 18.0 Å². The number of rotatable bonds is 2. The van der Waals surface area contributed by atoms with E-state index in [1.165, 1.54) is 0 Å². The minimum atomic E-state index is -1.49. The Balaban J connectivity index is 1.45. The average Bonchev–Trinajstić information content (AvgIpc) is 3.36. The van der Waals surface area contributed by atoms with Gasteiger partial charge < -0.3 is 4.90 Å². The predicted molar refractivity (Wildman–Crippen MR) is 119 cm³/mol. The Hall–Kier alpha value is -3.62. The summed E-state index contributed by atoms with van der Waals surface area (Å²) in [4.78, 5) is 15.7. The van der Waals surface area contributed by atoms with E-state index in [2.05, 4.69) is 10.2 Å². The number of hydrogen-bond donors (Lipinski definition) is 0. The largest absolute Gasteiger partial charge is 0.327 e. The first kappa shape index (κ1) is 20.9. The minimum Gasteiger partial charge on any atom is -0.327 e. The second-order valence-corrected chi connectivity index (χ2v) is 9.20. The number of aryl methyl sites for hydroxylation is 2. The second kappa shape index (κ2) is 7.44. The van der Waals surface area contributed by atoms with Crippen LogP contribution in [0, 0.1) is 24.4 Å². The van der Waals surface area contributed by atoms with E-state index in [9.17, 15) is 18.0 Å². The highest BCUT2D eigenvalue weighted by molar-refractivity contribution is 6.01. The molecular formula is C25H22F3N5O. The van der Waals surface area contributed by atoms with Crippen LogP contribution in [0.1, 0.15) is 52.5 Å². The summed E-state index contributed by atoms with van der Waals surface area (Å²) in [6.45, 7) is 1.97. The van der Waals surface area contributed by atoms with Gasteiger partial charge >= 0.3 is 0 Å². The van der Waals surface area contributed by atoms with E-state index < -0.39 is 17.5 Å². The molecule has 0 saturated carbocycles. The molecule has 3 aromatic heterocycles. The molecule has 1 aromatic carbocycles. The number of halogens is 3. The van der Waals surface area contributed by atoms with Crippen LogP contribution in [0.2, 0.25) is 0 Å². The minimum absolute atomic E-state index is 0.0726. The average molecular weight is 465 g/mol. The molecule has 174 valence electrons. The molecule has 2 aliphatic heterocycles. The molecule has 0 spiro atoms. The maximum Gasteiger partial charge on any atom is 0.258 e. The van der Waals surface area contributed by atoms with Gasteiger partial charge in [0.25, 0.3) is 5.91 Å². The number of nitrogens with zero attached hydrogens (tertiary/aromatic N) is 5. The second-order valence-electron chi connectivity index (χ2n) is 9.20. The van der Waals surface area contributed by atoms with Crippen LogP contribution in [0.15, 0.2) is 36.7 Å². The Morgan fingerprint density at radius 3 is 2.65 bits per heavy atom. The maximum absolute atomic E-state index is 14.0. The zero-order chi connectivity index (χ0) is 23.7. The van der Waals surface area contributed by atoms with Gasteiger partial charge in [-0.25, -0.2) is 17.7 Å². The molecular weight excluding hydrogens is 443 g/mol. The lowest BCUT2D eigenvalue weighted by Crippen LogP contribution is -2.49. The first-order valence-corrected chi connectivity index (χ1v) is 11.3. The van der Waals surface area contributed by atoms with Crippen molar-refractivity contribution >= 4 is 11.4 Å². The molecule has 1 amide bonds. The summed E-state index contributed by atoms with van der Waals surface area (Å²) in [6.07, 6.45) is 6.48. The van der Waals surface area contributed by atoms with Crippen molar-refractivity contribution in [2.45, 2.75) is 44.7 Å². The molecule has 2 aliphatic rings. The number of carbonyl (C=O) groups excluding carboxylic acids is 1. The normalized spacial score (nSPS) is 19.5. The first-order chi connectivity index (χ1) is 16.3. The highest BCUT2D eigenvalue weighted by atomic mass is 19.2. The van der Waals surface area contributed by atoms with E-state index in [4.69, 9.17) is 0 Å². The topological polar surface area (TPSA) is 55.4 Å². The van der Waals surface area contributed by atoms with Gasteiger partial charge in [-0.3, -0.25) is 9.48 Å².